The number of hydrogen-bond donors (Lipinski definition) is 3. The van der Waals surface area contributed by atoms with Crippen LogP contribution in [0, 0.1) is 0 Å². The highest BCUT2D eigenvalue weighted by atomic mass is 16.6. The number of benzene rings is 2. The molecule has 174 valence electrons. The number of guanidine groups is 1. The van der Waals surface area contributed by atoms with Gasteiger partial charge in [0.05, 0.1) is 25.1 Å². The van der Waals surface area contributed by atoms with Crippen molar-refractivity contribution in [3.8, 4) is 11.5 Å². The number of carbonyl (C=O) groups excluding carboxylic acids is 3. The van der Waals surface area contributed by atoms with Gasteiger partial charge in [-0.1, -0.05) is 25.1 Å². The quantitative estimate of drug-likeness (QED) is 0.126. The second-order valence-electron chi connectivity index (χ2n) is 6.48. The molecule has 0 atom stereocenters. The number of amides is 2. The topological polar surface area (TPSA) is 127 Å². The van der Waals surface area contributed by atoms with Gasteiger partial charge in [0.15, 0.2) is 5.94 Å². The number of rotatable bonds is 10. The Kier molecular flexibility index (Phi) is 10.1. The van der Waals surface area contributed by atoms with E-state index in [-0.39, 0.29) is 18.5 Å². The van der Waals surface area contributed by atoms with Crippen LogP contribution in [-0.4, -0.2) is 37.4 Å². The molecule has 2 aromatic rings. The molecule has 2 aromatic carbocycles. The Labute approximate surface area is 191 Å². The predicted molar refractivity (Wildman–Crippen MR) is 123 cm³/mol. The summed E-state index contributed by atoms with van der Waals surface area (Å²) >= 11 is 0. The first kappa shape index (κ1) is 25.1. The van der Waals surface area contributed by atoms with Crippen molar-refractivity contribution in [2.45, 2.75) is 26.7 Å². The molecule has 2 rings (SSSR count). The minimum absolute atomic E-state index is 0.110. The maximum atomic E-state index is 12.3. The average molecular weight is 454 g/mol. The number of nitrogens with one attached hydrogen (secondary N) is 3. The third-order valence-electron chi connectivity index (χ3n) is 3.95. The van der Waals surface area contributed by atoms with Crippen LogP contribution < -0.4 is 20.9 Å². The SMILES string of the molecule is CCCC(=O)Nc1cc(Oc2ccccc2)ccc1N=C(NOC)NC(=O)C(=C=O)OCC. The first-order chi connectivity index (χ1) is 16.0. The molecule has 3 N–H and O–H groups in total. The highest BCUT2D eigenvalue weighted by molar-refractivity contribution is 6.08. The van der Waals surface area contributed by atoms with E-state index in [1.165, 1.54) is 13.1 Å². The number of aliphatic imine (C=N–C) groups is 1. The largest absolute Gasteiger partial charge is 0.480 e. The van der Waals surface area contributed by atoms with Crippen LogP contribution in [0.2, 0.25) is 0 Å². The van der Waals surface area contributed by atoms with Gasteiger partial charge in [-0.25, -0.2) is 15.3 Å². The van der Waals surface area contributed by atoms with Gasteiger partial charge in [-0.05, 0) is 37.6 Å². The normalized spacial score (nSPS) is 10.6. The molecule has 0 saturated carbocycles. The van der Waals surface area contributed by atoms with Gasteiger partial charge in [-0.2, -0.15) is 0 Å². The van der Waals surface area contributed by atoms with Gasteiger partial charge in [0.2, 0.25) is 11.9 Å². The maximum absolute atomic E-state index is 12.3. The van der Waals surface area contributed by atoms with Crippen LogP contribution in [0.3, 0.4) is 0 Å². The van der Waals surface area contributed by atoms with Crippen LogP contribution in [0.15, 0.2) is 59.3 Å². The summed E-state index contributed by atoms with van der Waals surface area (Å²) in [6, 6.07) is 14.0. The first-order valence-corrected chi connectivity index (χ1v) is 10.2. The molecule has 0 bridgehead atoms. The zero-order chi connectivity index (χ0) is 24.1. The molecule has 0 aliphatic rings. The number of hydrogen-bond acceptors (Lipinski definition) is 7. The van der Waals surface area contributed by atoms with Gasteiger partial charge in [-0.15, -0.1) is 0 Å². The zero-order valence-electron chi connectivity index (χ0n) is 18.6. The lowest BCUT2D eigenvalue weighted by Crippen LogP contribution is -2.41. The van der Waals surface area contributed by atoms with E-state index in [2.05, 4.69) is 21.1 Å². The average Bonchev–Trinajstić information content (AvgIpc) is 2.80. The Morgan fingerprint density at radius 3 is 2.45 bits per heavy atom. The molecule has 0 aliphatic carbocycles. The fourth-order valence-corrected chi connectivity index (χ4v) is 2.58. The van der Waals surface area contributed by atoms with E-state index < -0.39 is 11.7 Å². The van der Waals surface area contributed by atoms with E-state index in [1.807, 2.05) is 25.1 Å². The molecule has 0 heterocycles. The van der Waals surface area contributed by atoms with Crippen LogP contribution in [0.4, 0.5) is 11.4 Å². The van der Waals surface area contributed by atoms with Crippen molar-refractivity contribution in [3.63, 3.8) is 0 Å². The predicted octanol–water partition coefficient (Wildman–Crippen LogP) is 3.22. The minimum atomic E-state index is -0.865. The summed E-state index contributed by atoms with van der Waals surface area (Å²) in [7, 11) is 1.32. The van der Waals surface area contributed by atoms with Gasteiger partial charge in [0.1, 0.15) is 11.5 Å². The van der Waals surface area contributed by atoms with Crippen molar-refractivity contribution in [2.24, 2.45) is 4.99 Å². The molecule has 0 aliphatic heterocycles. The van der Waals surface area contributed by atoms with Crippen molar-refractivity contribution >= 4 is 35.1 Å². The van der Waals surface area contributed by atoms with Crippen LogP contribution in [0.25, 0.3) is 0 Å². The lowest BCUT2D eigenvalue weighted by atomic mass is 10.2. The number of anilines is 1. The Hall–Kier alpha value is -4.14. The van der Waals surface area contributed by atoms with Gasteiger partial charge < -0.3 is 14.8 Å². The number of para-hydroxylation sites is 1. The van der Waals surface area contributed by atoms with Gasteiger partial charge in [0.25, 0.3) is 5.76 Å². The Balaban J connectivity index is 2.38. The summed E-state index contributed by atoms with van der Waals surface area (Å²) in [6.07, 6.45) is 0.976. The van der Waals surface area contributed by atoms with Crippen LogP contribution >= 0.6 is 0 Å². The van der Waals surface area contributed by atoms with E-state index in [0.29, 0.717) is 35.7 Å². The Morgan fingerprint density at radius 1 is 1.06 bits per heavy atom. The van der Waals surface area contributed by atoms with Crippen molar-refractivity contribution in [1.82, 2.24) is 10.8 Å². The summed E-state index contributed by atoms with van der Waals surface area (Å²) in [5.74, 6) is 0.775. The molecule has 0 unspecified atom stereocenters. The van der Waals surface area contributed by atoms with E-state index in [0.717, 1.165) is 0 Å². The van der Waals surface area contributed by atoms with Gasteiger partial charge in [0, 0.05) is 12.5 Å². The van der Waals surface area contributed by atoms with Crippen LogP contribution in [0.1, 0.15) is 26.7 Å². The van der Waals surface area contributed by atoms with Crippen molar-refractivity contribution in [3.05, 3.63) is 54.3 Å². The number of nitrogens with zero attached hydrogens (tertiary/aromatic N) is 1. The van der Waals surface area contributed by atoms with E-state index in [4.69, 9.17) is 14.3 Å². The molecule has 2 amide bonds. The maximum Gasteiger partial charge on any atom is 0.304 e. The van der Waals surface area contributed by atoms with Crippen molar-refractivity contribution < 1.29 is 28.7 Å². The van der Waals surface area contributed by atoms with Crippen LogP contribution in [0.5, 0.6) is 11.5 Å². The summed E-state index contributed by atoms with van der Waals surface area (Å²) in [4.78, 5) is 44.6. The monoisotopic (exact) mass is 454 g/mol. The lowest BCUT2D eigenvalue weighted by molar-refractivity contribution is -0.119. The highest BCUT2D eigenvalue weighted by Crippen LogP contribution is 2.32. The molecule has 0 spiro atoms. The second kappa shape index (κ2) is 13.3. The van der Waals surface area contributed by atoms with Gasteiger partial charge in [-0.3, -0.25) is 19.7 Å². The summed E-state index contributed by atoms with van der Waals surface area (Å²) in [6.45, 7) is 3.62. The minimum Gasteiger partial charge on any atom is -0.480 e. The second-order valence-corrected chi connectivity index (χ2v) is 6.48. The molecule has 0 fully saturated rings. The molecular weight excluding hydrogens is 428 g/mol. The molecule has 0 aromatic heterocycles. The number of hydroxylamine groups is 1. The molecule has 10 nitrogen and oxygen atoms in total. The third kappa shape index (κ3) is 8.13. The molecule has 33 heavy (non-hydrogen) atoms. The van der Waals surface area contributed by atoms with Crippen molar-refractivity contribution in [2.75, 3.05) is 19.0 Å². The fourth-order valence-electron chi connectivity index (χ4n) is 2.58. The van der Waals surface area contributed by atoms with E-state index >= 15 is 0 Å². The smallest absolute Gasteiger partial charge is 0.304 e. The van der Waals surface area contributed by atoms with Gasteiger partial charge >= 0.3 is 5.91 Å². The van der Waals surface area contributed by atoms with Crippen molar-refractivity contribution in [1.29, 1.82) is 0 Å². The zero-order valence-corrected chi connectivity index (χ0v) is 18.6. The van der Waals surface area contributed by atoms with E-state index in [1.54, 1.807) is 37.3 Å². The summed E-state index contributed by atoms with van der Waals surface area (Å²) < 4.78 is 10.8. The Morgan fingerprint density at radius 2 is 1.82 bits per heavy atom. The highest BCUT2D eigenvalue weighted by Gasteiger charge is 2.16. The molecule has 10 heteroatoms. The van der Waals surface area contributed by atoms with E-state index in [9.17, 15) is 14.4 Å². The fraction of sp³-hybridized carbons (Fsp3) is 0.261. The lowest BCUT2D eigenvalue weighted by Gasteiger charge is -2.14. The number of carbonyl (C=O) groups is 2. The summed E-state index contributed by atoms with van der Waals surface area (Å²) in [5, 5.41) is 5.16. The third-order valence-corrected chi connectivity index (χ3v) is 3.95. The molecule has 0 saturated heterocycles. The summed E-state index contributed by atoms with van der Waals surface area (Å²) in [5.41, 5.74) is 3.07. The molecular formula is C23H26N4O6. The van der Waals surface area contributed by atoms with Crippen LogP contribution in [-0.2, 0) is 24.0 Å². The number of ether oxygens (including phenoxy) is 2. The standard InChI is InChI=1S/C23H26N4O6/c1-4-9-21(29)24-19-14-17(33-16-10-7-6-8-11-16)12-13-18(19)25-23(27-31-3)26-22(30)20(15-28)32-5-2/h6-8,10-14H,4-5,9H2,1-3H3,(H,24,29)(H2,25,26,27,30). The first-order valence-electron chi connectivity index (χ1n) is 10.2. The molecule has 0 radical (unpaired) electrons. The Bertz CT molecular complexity index is 1030.